The van der Waals surface area contributed by atoms with E-state index in [2.05, 4.69) is 0 Å². The molecule has 0 N–H and O–H groups in total. The van der Waals surface area contributed by atoms with Gasteiger partial charge >= 0.3 is 81.8 Å². The van der Waals surface area contributed by atoms with Gasteiger partial charge in [0.2, 0.25) is 0 Å². The Hall–Kier alpha value is -0.421. The fraction of sp³-hybridized carbons (Fsp3) is 0.250. The Morgan fingerprint density at radius 2 is 2.42 bits per heavy atom. The molecule has 1 aromatic rings. The maximum absolute atomic E-state index is 5.43. The van der Waals surface area contributed by atoms with Crippen LogP contribution in [0.5, 0.6) is 11.5 Å². The molecule has 0 amide bonds. The molecule has 0 unspecified atom stereocenters. The zero-order valence-corrected chi connectivity index (χ0v) is 9.52. The minimum atomic E-state index is -1.03. The van der Waals surface area contributed by atoms with Crippen molar-refractivity contribution in [2.75, 3.05) is 7.11 Å². The third-order valence-corrected chi connectivity index (χ3v) is 3.33. The van der Waals surface area contributed by atoms with E-state index < -0.39 is 22.0 Å². The minimum absolute atomic E-state index is 0.700. The van der Waals surface area contributed by atoms with Crippen LogP contribution in [0.3, 0.4) is 0 Å². The molecule has 1 heterocycles. The fourth-order valence-corrected chi connectivity index (χ4v) is 2.64. The SMILES string of the molecule is COc1ccc2c(c1)[O][Sn][O]C2. The van der Waals surface area contributed by atoms with Crippen LogP contribution in [0.25, 0.3) is 0 Å². The summed E-state index contributed by atoms with van der Waals surface area (Å²) < 4.78 is 15.8. The quantitative estimate of drug-likeness (QED) is 0.717. The van der Waals surface area contributed by atoms with Gasteiger partial charge in [0.1, 0.15) is 0 Å². The van der Waals surface area contributed by atoms with E-state index in [1.54, 1.807) is 7.11 Å². The van der Waals surface area contributed by atoms with E-state index in [9.17, 15) is 0 Å². The summed E-state index contributed by atoms with van der Waals surface area (Å²) in [4.78, 5) is 0. The Kier molecular flexibility index (Phi) is 2.41. The van der Waals surface area contributed by atoms with Gasteiger partial charge in [-0.2, -0.15) is 0 Å². The Balaban J connectivity index is 2.36. The molecule has 0 fully saturated rings. The maximum atomic E-state index is 5.43. The molecular formula is C8H8O3Sn. The average Bonchev–Trinajstić information content (AvgIpc) is 2.17. The van der Waals surface area contributed by atoms with E-state index in [1.807, 2.05) is 18.2 Å². The van der Waals surface area contributed by atoms with Crippen molar-refractivity contribution in [2.45, 2.75) is 6.61 Å². The molecule has 3 nitrogen and oxygen atoms in total. The summed E-state index contributed by atoms with van der Waals surface area (Å²) in [5.41, 5.74) is 1.11. The van der Waals surface area contributed by atoms with E-state index in [4.69, 9.17) is 10.9 Å². The molecule has 1 aromatic carbocycles. The van der Waals surface area contributed by atoms with Gasteiger partial charge in [-0.3, -0.25) is 0 Å². The van der Waals surface area contributed by atoms with Crippen LogP contribution in [0.15, 0.2) is 18.2 Å². The Morgan fingerprint density at radius 1 is 1.50 bits per heavy atom. The number of benzene rings is 1. The normalized spacial score (nSPS) is 14.8. The van der Waals surface area contributed by atoms with E-state index in [0.717, 1.165) is 17.1 Å². The molecule has 0 aliphatic carbocycles. The second kappa shape index (κ2) is 3.53. The molecule has 2 radical (unpaired) electrons. The number of fused-ring (bicyclic) bond motifs is 1. The molecule has 0 aromatic heterocycles. The third-order valence-electron chi connectivity index (χ3n) is 1.71. The van der Waals surface area contributed by atoms with Gasteiger partial charge in [0.25, 0.3) is 0 Å². The molecular weight excluding hydrogens is 263 g/mol. The predicted octanol–water partition coefficient (Wildman–Crippen LogP) is 1.14. The standard InChI is InChI=1S/C8H9O3.Sn/c1-11-7-3-2-6(5-9)8(10)4-7;/h2-4,10H,5H2,1H3;/q-1;+2/p-1. The van der Waals surface area contributed by atoms with Crippen molar-refractivity contribution in [1.29, 1.82) is 0 Å². The summed E-state index contributed by atoms with van der Waals surface area (Å²) in [5, 5.41) is 0. The summed E-state index contributed by atoms with van der Waals surface area (Å²) in [6, 6.07) is 5.81. The number of methoxy groups -OCH3 is 1. The van der Waals surface area contributed by atoms with Crippen LogP contribution >= 0.6 is 0 Å². The first kappa shape index (κ1) is 8.19. The zero-order valence-electron chi connectivity index (χ0n) is 6.66. The van der Waals surface area contributed by atoms with Crippen molar-refractivity contribution in [3.63, 3.8) is 0 Å². The van der Waals surface area contributed by atoms with Gasteiger partial charge in [-0.25, -0.2) is 0 Å². The van der Waals surface area contributed by atoms with Gasteiger partial charge in [0, 0.05) is 0 Å². The Morgan fingerprint density at radius 3 is 3.25 bits per heavy atom. The second-order valence-corrected chi connectivity index (χ2v) is 4.33. The topological polar surface area (TPSA) is 27.7 Å². The zero-order chi connectivity index (χ0) is 8.39. The monoisotopic (exact) mass is 272 g/mol. The van der Waals surface area contributed by atoms with Gasteiger partial charge in [0.15, 0.2) is 0 Å². The van der Waals surface area contributed by atoms with Crippen molar-refractivity contribution in [3.8, 4) is 11.5 Å². The van der Waals surface area contributed by atoms with Crippen molar-refractivity contribution < 1.29 is 10.9 Å². The summed E-state index contributed by atoms with van der Waals surface area (Å²) in [6.45, 7) is 0.700. The van der Waals surface area contributed by atoms with Crippen LogP contribution in [0, 0.1) is 0 Å². The van der Waals surface area contributed by atoms with Crippen LogP contribution < -0.4 is 7.81 Å². The van der Waals surface area contributed by atoms with E-state index in [-0.39, 0.29) is 0 Å². The van der Waals surface area contributed by atoms with Gasteiger partial charge in [-0.15, -0.1) is 0 Å². The molecule has 1 aliphatic heterocycles. The third kappa shape index (κ3) is 1.51. The van der Waals surface area contributed by atoms with Crippen molar-refractivity contribution >= 4 is 22.0 Å². The van der Waals surface area contributed by atoms with Crippen LogP contribution in [0.4, 0.5) is 0 Å². The molecule has 2 rings (SSSR count). The molecule has 0 atom stereocenters. The van der Waals surface area contributed by atoms with Crippen LogP contribution in [-0.4, -0.2) is 29.1 Å². The number of ether oxygens (including phenoxy) is 1. The number of rotatable bonds is 1. The van der Waals surface area contributed by atoms with E-state index in [0.29, 0.717) is 6.61 Å². The Labute approximate surface area is 81.9 Å². The van der Waals surface area contributed by atoms with Gasteiger partial charge in [-0.05, 0) is 0 Å². The number of hydrogen-bond acceptors (Lipinski definition) is 3. The molecule has 0 spiro atoms. The first-order chi connectivity index (χ1) is 5.90. The van der Waals surface area contributed by atoms with E-state index in [1.165, 1.54) is 0 Å². The second-order valence-electron chi connectivity index (χ2n) is 2.45. The van der Waals surface area contributed by atoms with Crippen LogP contribution in [0.2, 0.25) is 0 Å². The van der Waals surface area contributed by atoms with Gasteiger partial charge < -0.3 is 0 Å². The Bertz CT molecular complexity index is 288. The molecule has 0 saturated carbocycles. The average molecular weight is 271 g/mol. The molecule has 12 heavy (non-hydrogen) atoms. The molecule has 0 bridgehead atoms. The van der Waals surface area contributed by atoms with Crippen molar-refractivity contribution in [3.05, 3.63) is 23.8 Å². The molecule has 0 saturated heterocycles. The first-order valence-electron chi connectivity index (χ1n) is 3.61. The van der Waals surface area contributed by atoms with Gasteiger partial charge in [-0.1, -0.05) is 0 Å². The summed E-state index contributed by atoms with van der Waals surface area (Å²) in [6.07, 6.45) is 0. The molecule has 4 heteroatoms. The summed E-state index contributed by atoms with van der Waals surface area (Å²) in [5.74, 6) is 1.78. The molecule has 62 valence electrons. The first-order valence-corrected chi connectivity index (χ1v) is 5.94. The molecule has 1 aliphatic rings. The van der Waals surface area contributed by atoms with Crippen molar-refractivity contribution in [1.82, 2.24) is 0 Å². The number of hydrogen-bond donors (Lipinski definition) is 0. The fourth-order valence-electron chi connectivity index (χ4n) is 1.06. The van der Waals surface area contributed by atoms with Crippen LogP contribution in [-0.2, 0) is 9.68 Å². The summed E-state index contributed by atoms with van der Waals surface area (Å²) >= 11 is -1.03. The summed E-state index contributed by atoms with van der Waals surface area (Å²) in [7, 11) is 1.65. The van der Waals surface area contributed by atoms with Crippen molar-refractivity contribution in [2.24, 2.45) is 0 Å². The van der Waals surface area contributed by atoms with Crippen LogP contribution in [0.1, 0.15) is 5.56 Å². The predicted molar refractivity (Wildman–Crippen MR) is 44.2 cm³/mol. The van der Waals surface area contributed by atoms with E-state index >= 15 is 0 Å². The van der Waals surface area contributed by atoms with Gasteiger partial charge in [0.05, 0.1) is 0 Å².